The minimum atomic E-state index is -4.14. The fraction of sp³-hybridized carbons (Fsp3) is 0.0800. The summed E-state index contributed by atoms with van der Waals surface area (Å²) in [5.41, 5.74) is 1.40. The third-order valence-corrected chi connectivity index (χ3v) is 7.32. The van der Waals surface area contributed by atoms with Crippen LogP contribution in [-0.4, -0.2) is 20.4 Å². The van der Waals surface area contributed by atoms with Crippen molar-refractivity contribution in [2.75, 3.05) is 5.32 Å². The standard InChI is InChI=1S/C25H20Cl2N2O3S/c26-19-13-14-21(27)24(16-19)33(31,32)29-23(15-17-7-2-1-3-8-17)25(30)28-22-12-6-10-18-9-4-5-11-20(18)22/h1-14,16,23,29H,15H2,(H,28,30)/t23-/m0/s1. The van der Waals surface area contributed by atoms with Gasteiger partial charge in [-0.25, -0.2) is 8.42 Å². The largest absolute Gasteiger partial charge is 0.324 e. The summed E-state index contributed by atoms with van der Waals surface area (Å²) in [5.74, 6) is -0.489. The van der Waals surface area contributed by atoms with Crippen LogP contribution in [0.25, 0.3) is 10.8 Å². The molecule has 1 amide bonds. The smallest absolute Gasteiger partial charge is 0.242 e. The molecule has 8 heteroatoms. The molecule has 4 rings (SSSR count). The normalized spacial score (nSPS) is 12.4. The Morgan fingerprint density at radius 3 is 2.33 bits per heavy atom. The molecule has 0 aliphatic heterocycles. The molecule has 1 atom stereocenters. The van der Waals surface area contributed by atoms with E-state index in [0.29, 0.717) is 5.69 Å². The molecule has 0 aromatic heterocycles. The van der Waals surface area contributed by atoms with E-state index >= 15 is 0 Å². The molecular weight excluding hydrogens is 479 g/mol. The van der Waals surface area contributed by atoms with Crippen LogP contribution in [0.3, 0.4) is 0 Å². The van der Waals surface area contributed by atoms with Crippen LogP contribution < -0.4 is 10.0 Å². The molecule has 0 aliphatic carbocycles. The van der Waals surface area contributed by atoms with Crippen molar-refractivity contribution in [1.29, 1.82) is 0 Å². The SMILES string of the molecule is O=C(Nc1cccc2ccccc12)[C@H](Cc1ccccc1)NS(=O)(=O)c1cc(Cl)ccc1Cl. The Morgan fingerprint density at radius 1 is 0.848 bits per heavy atom. The quantitative estimate of drug-likeness (QED) is 0.344. The van der Waals surface area contributed by atoms with Gasteiger partial charge in [0.15, 0.2) is 0 Å². The predicted molar refractivity (Wildman–Crippen MR) is 133 cm³/mol. The minimum Gasteiger partial charge on any atom is -0.324 e. The highest BCUT2D eigenvalue weighted by atomic mass is 35.5. The van der Waals surface area contributed by atoms with E-state index in [0.717, 1.165) is 16.3 Å². The van der Waals surface area contributed by atoms with Gasteiger partial charge in [0.05, 0.1) is 5.02 Å². The van der Waals surface area contributed by atoms with Crippen molar-refractivity contribution in [2.24, 2.45) is 0 Å². The summed E-state index contributed by atoms with van der Waals surface area (Å²) in [4.78, 5) is 13.1. The van der Waals surface area contributed by atoms with Crippen LogP contribution in [-0.2, 0) is 21.2 Å². The second kappa shape index (κ2) is 9.93. The molecule has 2 N–H and O–H groups in total. The topological polar surface area (TPSA) is 75.3 Å². The number of anilines is 1. The van der Waals surface area contributed by atoms with Crippen LogP contribution in [0.15, 0.2) is 95.9 Å². The highest BCUT2D eigenvalue weighted by molar-refractivity contribution is 7.89. The summed E-state index contributed by atoms with van der Waals surface area (Å²) < 4.78 is 28.8. The lowest BCUT2D eigenvalue weighted by molar-refractivity contribution is -0.117. The second-order valence-electron chi connectivity index (χ2n) is 7.45. The number of sulfonamides is 1. The first-order valence-electron chi connectivity index (χ1n) is 10.1. The van der Waals surface area contributed by atoms with E-state index < -0.39 is 22.0 Å². The molecular formula is C25H20Cl2N2O3S. The van der Waals surface area contributed by atoms with Gasteiger partial charge in [-0.15, -0.1) is 0 Å². The lowest BCUT2D eigenvalue weighted by Gasteiger charge is -2.20. The second-order valence-corrected chi connectivity index (χ2v) is 9.98. The summed E-state index contributed by atoms with van der Waals surface area (Å²) in [6.07, 6.45) is 0.148. The third-order valence-electron chi connectivity index (χ3n) is 5.13. The van der Waals surface area contributed by atoms with Gasteiger partial charge >= 0.3 is 0 Å². The van der Waals surface area contributed by atoms with Gasteiger partial charge < -0.3 is 5.32 Å². The number of fused-ring (bicyclic) bond motifs is 1. The lowest BCUT2D eigenvalue weighted by atomic mass is 10.1. The number of nitrogens with one attached hydrogen (secondary N) is 2. The van der Waals surface area contributed by atoms with Gasteiger partial charge in [-0.05, 0) is 41.6 Å². The monoisotopic (exact) mass is 498 g/mol. The van der Waals surface area contributed by atoms with E-state index in [9.17, 15) is 13.2 Å². The summed E-state index contributed by atoms with van der Waals surface area (Å²) in [5, 5.41) is 4.93. The molecule has 0 fully saturated rings. The number of hydrogen-bond acceptors (Lipinski definition) is 3. The molecule has 0 bridgehead atoms. The maximum absolute atomic E-state index is 13.3. The molecule has 0 heterocycles. The number of benzene rings is 4. The summed E-state index contributed by atoms with van der Waals surface area (Å²) in [6, 6.07) is 25.4. The van der Waals surface area contributed by atoms with Crippen molar-refractivity contribution in [2.45, 2.75) is 17.4 Å². The molecule has 0 saturated heterocycles. The summed E-state index contributed by atoms with van der Waals surface area (Å²) in [7, 11) is -4.14. The van der Waals surface area contributed by atoms with E-state index in [4.69, 9.17) is 23.2 Å². The zero-order chi connectivity index (χ0) is 23.4. The average Bonchev–Trinajstić information content (AvgIpc) is 2.81. The van der Waals surface area contributed by atoms with E-state index in [-0.39, 0.29) is 21.4 Å². The highest BCUT2D eigenvalue weighted by Gasteiger charge is 2.28. The summed E-state index contributed by atoms with van der Waals surface area (Å²) in [6.45, 7) is 0. The first kappa shape index (κ1) is 23.3. The van der Waals surface area contributed by atoms with Crippen LogP contribution in [0.2, 0.25) is 10.0 Å². The fourth-order valence-corrected chi connectivity index (χ4v) is 5.48. The first-order chi connectivity index (χ1) is 15.8. The van der Waals surface area contributed by atoms with Crippen LogP contribution in [0, 0.1) is 0 Å². The maximum Gasteiger partial charge on any atom is 0.242 e. The van der Waals surface area contributed by atoms with E-state index in [2.05, 4.69) is 10.0 Å². The van der Waals surface area contributed by atoms with Crippen LogP contribution >= 0.6 is 23.2 Å². The third kappa shape index (κ3) is 5.54. The van der Waals surface area contributed by atoms with Crippen LogP contribution in [0.4, 0.5) is 5.69 Å². The molecule has 5 nitrogen and oxygen atoms in total. The van der Waals surface area contributed by atoms with Gasteiger partial charge in [0, 0.05) is 16.1 Å². The van der Waals surface area contributed by atoms with Gasteiger partial charge in [-0.3, -0.25) is 4.79 Å². The molecule has 0 spiro atoms. The molecule has 33 heavy (non-hydrogen) atoms. The lowest BCUT2D eigenvalue weighted by Crippen LogP contribution is -2.45. The Kier molecular flexibility index (Phi) is 7.00. The summed E-state index contributed by atoms with van der Waals surface area (Å²) >= 11 is 12.1. The Morgan fingerprint density at radius 2 is 1.55 bits per heavy atom. The Balaban J connectivity index is 1.67. The number of amides is 1. The van der Waals surface area contributed by atoms with E-state index in [1.54, 1.807) is 6.07 Å². The number of halogens is 2. The predicted octanol–water partition coefficient (Wildman–Crippen LogP) is 5.67. The van der Waals surface area contributed by atoms with Crippen molar-refractivity contribution < 1.29 is 13.2 Å². The van der Waals surface area contributed by atoms with Gasteiger partial charge in [-0.1, -0.05) is 89.9 Å². The molecule has 4 aromatic carbocycles. The van der Waals surface area contributed by atoms with Crippen molar-refractivity contribution in [3.8, 4) is 0 Å². The van der Waals surface area contributed by atoms with E-state index in [1.807, 2.05) is 66.7 Å². The molecule has 0 saturated carbocycles. The molecule has 0 unspecified atom stereocenters. The van der Waals surface area contributed by atoms with Crippen molar-refractivity contribution >= 4 is 55.6 Å². The molecule has 4 aromatic rings. The zero-order valence-electron chi connectivity index (χ0n) is 17.3. The number of hydrogen-bond donors (Lipinski definition) is 2. The van der Waals surface area contributed by atoms with Crippen LogP contribution in [0.1, 0.15) is 5.56 Å². The number of rotatable bonds is 7. The Labute approximate surface area is 202 Å². The molecule has 168 valence electrons. The minimum absolute atomic E-state index is 0.0137. The van der Waals surface area contributed by atoms with Gasteiger partial charge in [0.2, 0.25) is 15.9 Å². The average molecular weight is 499 g/mol. The highest BCUT2D eigenvalue weighted by Crippen LogP contribution is 2.26. The number of carbonyl (C=O) groups is 1. The number of carbonyl (C=O) groups excluding carboxylic acids is 1. The maximum atomic E-state index is 13.3. The van der Waals surface area contributed by atoms with Crippen molar-refractivity contribution in [3.63, 3.8) is 0 Å². The van der Waals surface area contributed by atoms with Gasteiger partial charge in [0.25, 0.3) is 0 Å². The molecule has 0 radical (unpaired) electrons. The van der Waals surface area contributed by atoms with Crippen LogP contribution in [0.5, 0.6) is 0 Å². The Hall–Kier alpha value is -2.90. The first-order valence-corrected chi connectivity index (χ1v) is 12.4. The molecule has 0 aliphatic rings. The van der Waals surface area contributed by atoms with Gasteiger partial charge in [0.1, 0.15) is 10.9 Å². The van der Waals surface area contributed by atoms with Crippen molar-refractivity contribution in [1.82, 2.24) is 4.72 Å². The Bertz CT molecular complexity index is 1400. The van der Waals surface area contributed by atoms with E-state index in [1.165, 1.54) is 18.2 Å². The fourth-order valence-electron chi connectivity index (χ4n) is 3.53. The van der Waals surface area contributed by atoms with Crippen molar-refractivity contribution in [3.05, 3.63) is 107 Å². The zero-order valence-corrected chi connectivity index (χ0v) is 19.7. The van der Waals surface area contributed by atoms with Gasteiger partial charge in [-0.2, -0.15) is 4.72 Å².